The zero-order chi connectivity index (χ0) is 26.1. The third kappa shape index (κ3) is 13.1. The molecule has 1 N–H and O–H groups in total. The summed E-state index contributed by atoms with van der Waals surface area (Å²) in [5.41, 5.74) is 0.829. The Kier molecular flexibility index (Phi) is 15.4. The van der Waals surface area contributed by atoms with E-state index in [0.29, 0.717) is 37.7 Å². The molecular formula is C28H43NO6. The summed E-state index contributed by atoms with van der Waals surface area (Å²) >= 11 is 0. The van der Waals surface area contributed by atoms with E-state index in [0.717, 1.165) is 44.1 Å². The molecule has 7 heteroatoms. The summed E-state index contributed by atoms with van der Waals surface area (Å²) in [5, 5.41) is 9.70. The number of carbonyl (C=O) groups is 3. The van der Waals surface area contributed by atoms with Gasteiger partial charge in [-0.2, -0.15) is 0 Å². The first-order chi connectivity index (χ1) is 16.8. The van der Waals surface area contributed by atoms with Crippen LogP contribution < -0.4 is 4.74 Å². The highest BCUT2D eigenvalue weighted by Gasteiger charge is 2.26. The number of hydrogen-bond acceptors (Lipinski definition) is 5. The van der Waals surface area contributed by atoms with Crippen molar-refractivity contribution < 1.29 is 29.0 Å². The van der Waals surface area contributed by atoms with Crippen molar-refractivity contribution in [2.24, 2.45) is 5.92 Å². The SMILES string of the molecule is CCCC(=O)/C=C/CCC(C)CCCCC(=O)N(C)C(Cc1ccc(OCCOC)cc1)C(=O)O. The van der Waals surface area contributed by atoms with Gasteiger partial charge in [0.2, 0.25) is 5.91 Å². The van der Waals surface area contributed by atoms with Crippen LogP contribution >= 0.6 is 0 Å². The molecule has 0 saturated carbocycles. The average Bonchev–Trinajstić information content (AvgIpc) is 2.83. The number of ketones is 1. The van der Waals surface area contributed by atoms with E-state index in [9.17, 15) is 19.5 Å². The Bertz CT molecular complexity index is 789. The number of amides is 1. The summed E-state index contributed by atoms with van der Waals surface area (Å²) in [5.74, 6) is 0.230. The second-order valence-electron chi connectivity index (χ2n) is 9.10. The zero-order valence-electron chi connectivity index (χ0n) is 21.8. The summed E-state index contributed by atoms with van der Waals surface area (Å²) in [6.45, 7) is 5.12. The summed E-state index contributed by atoms with van der Waals surface area (Å²) in [4.78, 5) is 37.4. The van der Waals surface area contributed by atoms with Crippen LogP contribution in [0.2, 0.25) is 0 Å². The summed E-state index contributed by atoms with van der Waals surface area (Å²) < 4.78 is 10.5. The number of likely N-dealkylation sites (N-methyl/N-ethyl adjacent to an activating group) is 1. The minimum Gasteiger partial charge on any atom is -0.491 e. The van der Waals surface area contributed by atoms with E-state index in [1.807, 2.05) is 25.1 Å². The van der Waals surface area contributed by atoms with Crippen molar-refractivity contribution in [2.45, 2.75) is 77.7 Å². The van der Waals surface area contributed by atoms with Crippen LogP contribution in [0.25, 0.3) is 0 Å². The summed E-state index contributed by atoms with van der Waals surface area (Å²) in [7, 11) is 3.18. The fourth-order valence-electron chi connectivity index (χ4n) is 3.77. The van der Waals surface area contributed by atoms with Crippen molar-refractivity contribution in [3.8, 4) is 5.75 Å². The predicted molar refractivity (Wildman–Crippen MR) is 138 cm³/mol. The van der Waals surface area contributed by atoms with Gasteiger partial charge in [-0.25, -0.2) is 4.79 Å². The highest BCUT2D eigenvalue weighted by atomic mass is 16.5. The number of aliphatic carboxylic acids is 1. The molecule has 0 aliphatic heterocycles. The molecule has 0 bridgehead atoms. The van der Waals surface area contributed by atoms with Gasteiger partial charge in [0.05, 0.1) is 6.61 Å². The van der Waals surface area contributed by atoms with Crippen LogP contribution in [-0.2, 0) is 25.5 Å². The molecule has 1 aromatic carbocycles. The van der Waals surface area contributed by atoms with Crippen molar-refractivity contribution in [1.82, 2.24) is 4.90 Å². The lowest BCUT2D eigenvalue weighted by molar-refractivity contribution is -0.149. The number of methoxy groups -OCH3 is 1. The Balaban J connectivity index is 2.40. The van der Waals surface area contributed by atoms with Gasteiger partial charge in [-0.05, 0) is 55.4 Å². The largest absolute Gasteiger partial charge is 0.491 e. The zero-order valence-corrected chi connectivity index (χ0v) is 21.8. The average molecular weight is 490 g/mol. The number of carboxylic acids is 1. The van der Waals surface area contributed by atoms with Crippen LogP contribution in [0.5, 0.6) is 5.75 Å². The number of benzene rings is 1. The second kappa shape index (κ2) is 17.7. The number of allylic oxidation sites excluding steroid dienone is 2. The van der Waals surface area contributed by atoms with Gasteiger partial charge in [-0.1, -0.05) is 44.9 Å². The normalized spacial score (nSPS) is 12.9. The number of rotatable bonds is 19. The monoisotopic (exact) mass is 489 g/mol. The van der Waals surface area contributed by atoms with Crippen molar-refractivity contribution in [2.75, 3.05) is 27.4 Å². The first-order valence-corrected chi connectivity index (χ1v) is 12.7. The molecule has 0 aliphatic rings. The molecule has 0 heterocycles. The van der Waals surface area contributed by atoms with E-state index < -0.39 is 12.0 Å². The first kappa shape index (κ1) is 30.4. The van der Waals surface area contributed by atoms with Crippen LogP contribution in [0.3, 0.4) is 0 Å². The second-order valence-corrected chi connectivity index (χ2v) is 9.10. The maximum atomic E-state index is 12.6. The third-order valence-electron chi connectivity index (χ3n) is 6.02. The van der Waals surface area contributed by atoms with E-state index in [-0.39, 0.29) is 18.1 Å². The molecule has 0 radical (unpaired) electrons. The van der Waals surface area contributed by atoms with E-state index in [4.69, 9.17) is 9.47 Å². The summed E-state index contributed by atoms with van der Waals surface area (Å²) in [6, 6.07) is 6.33. The lowest BCUT2D eigenvalue weighted by Gasteiger charge is -2.25. The van der Waals surface area contributed by atoms with E-state index in [1.165, 1.54) is 4.90 Å². The van der Waals surface area contributed by atoms with Crippen molar-refractivity contribution >= 4 is 17.7 Å². The minimum absolute atomic E-state index is 0.151. The number of carboxylic acid groups (broad SMARTS) is 1. The molecule has 1 aromatic rings. The van der Waals surface area contributed by atoms with Crippen molar-refractivity contribution in [1.29, 1.82) is 0 Å². The van der Waals surface area contributed by atoms with Crippen LogP contribution in [0.1, 0.15) is 70.8 Å². The Labute approximate surface area is 210 Å². The highest BCUT2D eigenvalue weighted by Crippen LogP contribution is 2.18. The Morgan fingerprint density at radius 1 is 1.06 bits per heavy atom. The number of unbranched alkanes of at least 4 members (excludes halogenated alkanes) is 1. The van der Waals surface area contributed by atoms with Gasteiger partial charge in [0.15, 0.2) is 5.78 Å². The van der Waals surface area contributed by atoms with E-state index in [2.05, 4.69) is 6.92 Å². The molecule has 0 saturated heterocycles. The Morgan fingerprint density at radius 2 is 1.77 bits per heavy atom. The fraction of sp³-hybridized carbons (Fsp3) is 0.607. The van der Waals surface area contributed by atoms with Gasteiger partial charge in [0, 0.05) is 33.4 Å². The number of ether oxygens (including phenoxy) is 2. The highest BCUT2D eigenvalue weighted by molar-refractivity contribution is 5.89. The molecule has 1 rings (SSSR count). The Hall–Kier alpha value is -2.67. The number of nitrogens with zero attached hydrogens (tertiary/aromatic N) is 1. The molecule has 0 fully saturated rings. The van der Waals surface area contributed by atoms with Gasteiger partial charge in [-0.15, -0.1) is 0 Å². The quantitative estimate of drug-likeness (QED) is 0.215. The van der Waals surface area contributed by atoms with Gasteiger partial charge in [-0.3, -0.25) is 9.59 Å². The van der Waals surface area contributed by atoms with Crippen LogP contribution in [0, 0.1) is 5.92 Å². The topological polar surface area (TPSA) is 93.1 Å². The van der Waals surface area contributed by atoms with Gasteiger partial charge < -0.3 is 19.5 Å². The molecule has 0 spiro atoms. The van der Waals surface area contributed by atoms with Crippen LogP contribution in [0.4, 0.5) is 0 Å². The van der Waals surface area contributed by atoms with Crippen LogP contribution in [0.15, 0.2) is 36.4 Å². The molecule has 0 aromatic heterocycles. The van der Waals surface area contributed by atoms with Crippen molar-refractivity contribution in [3.63, 3.8) is 0 Å². The number of hydrogen-bond donors (Lipinski definition) is 1. The minimum atomic E-state index is -1.01. The maximum absolute atomic E-state index is 12.6. The lowest BCUT2D eigenvalue weighted by atomic mass is 9.97. The van der Waals surface area contributed by atoms with Crippen LogP contribution in [-0.4, -0.2) is 61.1 Å². The number of carbonyl (C=O) groups excluding carboxylic acids is 2. The van der Waals surface area contributed by atoms with Gasteiger partial charge >= 0.3 is 5.97 Å². The smallest absolute Gasteiger partial charge is 0.326 e. The Morgan fingerprint density at radius 3 is 2.40 bits per heavy atom. The first-order valence-electron chi connectivity index (χ1n) is 12.7. The maximum Gasteiger partial charge on any atom is 0.326 e. The standard InChI is InChI=1S/C28H43NO6/c1-5-10-24(30)13-8-6-11-22(2)12-7-9-14-27(31)29(3)26(28(32)33)21-23-15-17-25(18-16-23)35-20-19-34-4/h8,13,15-18,22,26H,5-7,9-12,14,19-21H2,1-4H3,(H,32,33)/b13-8+. The predicted octanol–water partition coefficient (Wildman–Crippen LogP) is 5.07. The molecular weight excluding hydrogens is 446 g/mol. The molecule has 35 heavy (non-hydrogen) atoms. The summed E-state index contributed by atoms with van der Waals surface area (Å²) in [6.07, 6.45) is 10.3. The van der Waals surface area contributed by atoms with Crippen molar-refractivity contribution in [3.05, 3.63) is 42.0 Å². The molecule has 2 atom stereocenters. The molecule has 2 unspecified atom stereocenters. The van der Waals surface area contributed by atoms with Gasteiger partial charge in [0.1, 0.15) is 18.4 Å². The van der Waals surface area contributed by atoms with E-state index >= 15 is 0 Å². The third-order valence-corrected chi connectivity index (χ3v) is 6.02. The molecule has 0 aliphatic carbocycles. The fourth-order valence-corrected chi connectivity index (χ4v) is 3.77. The molecule has 196 valence electrons. The lowest BCUT2D eigenvalue weighted by Crippen LogP contribution is -2.43. The molecule has 7 nitrogen and oxygen atoms in total. The molecule has 1 amide bonds. The van der Waals surface area contributed by atoms with E-state index in [1.54, 1.807) is 32.4 Å². The van der Waals surface area contributed by atoms with Gasteiger partial charge in [0.25, 0.3) is 0 Å².